The Morgan fingerprint density at radius 1 is 1.33 bits per heavy atom. The Hall–Kier alpha value is -3.16. The lowest BCUT2D eigenvalue weighted by atomic mass is 10.1. The van der Waals surface area contributed by atoms with E-state index in [9.17, 15) is 18.0 Å². The number of hydrogen-bond donors (Lipinski definition) is 1. The molecule has 0 aliphatic carbocycles. The van der Waals surface area contributed by atoms with Crippen LogP contribution in [0.5, 0.6) is 0 Å². The number of alkyl halides is 3. The fraction of sp³-hybridized carbons (Fsp3) is 0.438. The number of halogens is 3. The SMILES string of the molecule is Cn1cncc1-c1nc(C(=O)NC2CCN(C#N)CC2)cc(C(F)(F)F)n1. The van der Waals surface area contributed by atoms with Gasteiger partial charge in [0.25, 0.3) is 5.91 Å². The van der Waals surface area contributed by atoms with Crippen LogP contribution in [0.25, 0.3) is 11.5 Å². The van der Waals surface area contributed by atoms with Crippen LogP contribution in [0.15, 0.2) is 18.6 Å². The maximum Gasteiger partial charge on any atom is 0.433 e. The minimum absolute atomic E-state index is 0.228. The molecule has 3 rings (SSSR count). The van der Waals surface area contributed by atoms with E-state index >= 15 is 0 Å². The van der Waals surface area contributed by atoms with Crippen molar-refractivity contribution in [3.63, 3.8) is 0 Å². The number of aryl methyl sites for hydroxylation is 1. The molecule has 27 heavy (non-hydrogen) atoms. The van der Waals surface area contributed by atoms with Gasteiger partial charge in [0.1, 0.15) is 17.1 Å². The number of imidazole rings is 1. The second-order valence-electron chi connectivity index (χ2n) is 6.18. The van der Waals surface area contributed by atoms with Crippen molar-refractivity contribution in [1.29, 1.82) is 5.26 Å². The highest BCUT2D eigenvalue weighted by Crippen LogP contribution is 2.29. The third-order valence-corrected chi connectivity index (χ3v) is 4.27. The van der Waals surface area contributed by atoms with Crippen molar-refractivity contribution in [3.8, 4) is 17.7 Å². The molecule has 1 aliphatic rings. The zero-order valence-corrected chi connectivity index (χ0v) is 14.4. The number of amides is 1. The average Bonchev–Trinajstić information content (AvgIpc) is 3.07. The van der Waals surface area contributed by atoms with E-state index < -0.39 is 17.8 Å². The molecule has 11 heteroatoms. The van der Waals surface area contributed by atoms with Crippen LogP contribution in [-0.4, -0.2) is 49.5 Å². The van der Waals surface area contributed by atoms with Crippen molar-refractivity contribution in [2.24, 2.45) is 7.05 Å². The van der Waals surface area contributed by atoms with Gasteiger partial charge in [-0.25, -0.2) is 15.0 Å². The van der Waals surface area contributed by atoms with Gasteiger partial charge in [-0.1, -0.05) is 0 Å². The average molecular weight is 379 g/mol. The molecule has 1 N–H and O–H groups in total. The second kappa shape index (κ2) is 7.22. The highest BCUT2D eigenvalue weighted by atomic mass is 19.4. The van der Waals surface area contributed by atoms with Crippen LogP contribution in [0, 0.1) is 11.5 Å². The van der Waals surface area contributed by atoms with Gasteiger partial charge < -0.3 is 14.8 Å². The van der Waals surface area contributed by atoms with Crippen LogP contribution in [0.3, 0.4) is 0 Å². The maximum atomic E-state index is 13.2. The van der Waals surface area contributed by atoms with E-state index in [2.05, 4.69) is 20.3 Å². The summed E-state index contributed by atoms with van der Waals surface area (Å²) in [6, 6.07) is 0.408. The third-order valence-electron chi connectivity index (χ3n) is 4.27. The number of nitrogens with zero attached hydrogens (tertiary/aromatic N) is 6. The monoisotopic (exact) mass is 379 g/mol. The summed E-state index contributed by atoms with van der Waals surface area (Å²) in [7, 11) is 1.59. The molecule has 8 nitrogen and oxygen atoms in total. The van der Waals surface area contributed by atoms with Gasteiger partial charge in [0.15, 0.2) is 12.0 Å². The van der Waals surface area contributed by atoms with Crippen LogP contribution in [-0.2, 0) is 13.2 Å². The predicted molar refractivity (Wildman–Crippen MR) is 86.9 cm³/mol. The zero-order valence-electron chi connectivity index (χ0n) is 14.4. The lowest BCUT2D eigenvalue weighted by Crippen LogP contribution is -2.43. The molecule has 0 unspecified atom stereocenters. The standard InChI is InChI=1S/C16H16F3N7O/c1-25-9-21-7-12(25)14-23-11(6-13(24-14)16(17,18)19)15(27)22-10-2-4-26(8-20)5-3-10/h6-7,9-10H,2-5H2,1H3,(H,22,27). The van der Waals surface area contributed by atoms with E-state index in [1.807, 2.05) is 6.19 Å². The minimum Gasteiger partial charge on any atom is -0.348 e. The van der Waals surface area contributed by atoms with Gasteiger partial charge in [-0.15, -0.1) is 0 Å². The van der Waals surface area contributed by atoms with E-state index in [1.54, 1.807) is 11.9 Å². The Morgan fingerprint density at radius 2 is 2.04 bits per heavy atom. The summed E-state index contributed by atoms with van der Waals surface area (Å²) < 4.78 is 41.1. The van der Waals surface area contributed by atoms with Crippen LogP contribution >= 0.6 is 0 Å². The normalized spacial score (nSPS) is 15.4. The molecule has 0 bridgehead atoms. The molecule has 0 aromatic carbocycles. The molecule has 142 valence electrons. The molecule has 0 saturated carbocycles. The lowest BCUT2D eigenvalue weighted by molar-refractivity contribution is -0.141. The van der Waals surface area contributed by atoms with Crippen molar-refractivity contribution < 1.29 is 18.0 Å². The highest BCUT2D eigenvalue weighted by molar-refractivity contribution is 5.93. The molecule has 2 aromatic rings. The van der Waals surface area contributed by atoms with Crippen LogP contribution in [0.2, 0.25) is 0 Å². The molecule has 1 amide bonds. The Morgan fingerprint density at radius 3 is 2.59 bits per heavy atom. The number of aromatic nitrogens is 4. The van der Waals surface area contributed by atoms with Gasteiger partial charge in [0.2, 0.25) is 0 Å². The van der Waals surface area contributed by atoms with Gasteiger partial charge >= 0.3 is 6.18 Å². The summed E-state index contributed by atoms with van der Waals surface area (Å²) in [6.45, 7) is 0.971. The number of piperidine rings is 1. The first-order chi connectivity index (χ1) is 12.8. The van der Waals surface area contributed by atoms with Gasteiger partial charge in [0, 0.05) is 32.2 Å². The smallest absolute Gasteiger partial charge is 0.348 e. The van der Waals surface area contributed by atoms with Crippen LogP contribution in [0.4, 0.5) is 13.2 Å². The summed E-state index contributed by atoms with van der Waals surface area (Å²) in [5.41, 5.74) is -1.30. The molecule has 1 aliphatic heterocycles. The molecule has 0 radical (unpaired) electrons. The summed E-state index contributed by atoms with van der Waals surface area (Å²) in [5.74, 6) is -0.934. The number of carbonyl (C=O) groups is 1. The van der Waals surface area contributed by atoms with Gasteiger partial charge in [-0.05, 0) is 12.8 Å². The van der Waals surface area contributed by atoms with Crippen molar-refractivity contribution in [3.05, 3.63) is 30.0 Å². The van der Waals surface area contributed by atoms with Crippen molar-refractivity contribution in [1.82, 2.24) is 29.7 Å². The maximum absolute atomic E-state index is 13.2. The topological polar surface area (TPSA) is 99.7 Å². The zero-order chi connectivity index (χ0) is 19.6. The highest BCUT2D eigenvalue weighted by Gasteiger charge is 2.35. The first-order valence-corrected chi connectivity index (χ1v) is 8.16. The number of carbonyl (C=O) groups excluding carboxylic acids is 1. The molecule has 1 fully saturated rings. The van der Waals surface area contributed by atoms with Crippen molar-refractivity contribution in [2.75, 3.05) is 13.1 Å². The number of nitrogens with one attached hydrogen (secondary N) is 1. The Bertz CT molecular complexity index is 879. The molecule has 1 saturated heterocycles. The first kappa shape index (κ1) is 18.6. The van der Waals surface area contributed by atoms with E-state index in [0.717, 1.165) is 0 Å². The molecular weight excluding hydrogens is 363 g/mol. The fourth-order valence-electron chi connectivity index (χ4n) is 2.78. The third kappa shape index (κ3) is 4.16. The molecule has 3 heterocycles. The molecule has 0 spiro atoms. The predicted octanol–water partition coefficient (Wildman–Crippen LogP) is 1.57. The minimum atomic E-state index is -4.72. The Balaban J connectivity index is 1.87. The largest absolute Gasteiger partial charge is 0.433 e. The number of hydrogen-bond acceptors (Lipinski definition) is 6. The summed E-state index contributed by atoms with van der Waals surface area (Å²) >= 11 is 0. The fourth-order valence-corrected chi connectivity index (χ4v) is 2.78. The second-order valence-corrected chi connectivity index (χ2v) is 6.18. The van der Waals surface area contributed by atoms with E-state index in [0.29, 0.717) is 32.0 Å². The van der Waals surface area contributed by atoms with E-state index in [1.165, 1.54) is 17.1 Å². The summed E-state index contributed by atoms with van der Waals surface area (Å²) in [4.78, 5) is 25.4. The van der Waals surface area contributed by atoms with Crippen molar-refractivity contribution >= 4 is 5.91 Å². The molecule has 0 atom stereocenters. The van der Waals surface area contributed by atoms with E-state index in [-0.39, 0.29) is 23.3 Å². The lowest BCUT2D eigenvalue weighted by Gasteiger charge is -2.28. The van der Waals surface area contributed by atoms with Crippen LogP contribution in [0.1, 0.15) is 29.0 Å². The van der Waals surface area contributed by atoms with Gasteiger partial charge in [-0.2, -0.15) is 18.4 Å². The Labute approximate surface area is 152 Å². The molecule has 2 aromatic heterocycles. The Kier molecular flexibility index (Phi) is 4.98. The van der Waals surface area contributed by atoms with Gasteiger partial charge in [-0.3, -0.25) is 4.79 Å². The van der Waals surface area contributed by atoms with Crippen molar-refractivity contribution in [2.45, 2.75) is 25.1 Å². The molecular formula is C16H16F3N7O. The summed E-state index contributed by atoms with van der Waals surface area (Å²) in [5, 5.41) is 11.5. The van der Waals surface area contributed by atoms with E-state index in [4.69, 9.17) is 5.26 Å². The van der Waals surface area contributed by atoms with Crippen LogP contribution < -0.4 is 5.32 Å². The number of likely N-dealkylation sites (tertiary alicyclic amines) is 1. The number of rotatable bonds is 3. The van der Waals surface area contributed by atoms with Gasteiger partial charge in [0.05, 0.1) is 12.5 Å². The first-order valence-electron chi connectivity index (χ1n) is 8.16. The number of nitriles is 1. The summed E-state index contributed by atoms with van der Waals surface area (Å²) in [6.07, 6.45) is 1.11. The quantitative estimate of drug-likeness (QED) is 0.813.